The molecular weight excluding hydrogens is 318 g/mol. The van der Waals surface area contributed by atoms with E-state index in [-0.39, 0.29) is 18.1 Å². The van der Waals surface area contributed by atoms with E-state index in [4.69, 9.17) is 9.47 Å². The van der Waals surface area contributed by atoms with Crippen LogP contribution in [0.5, 0.6) is 5.75 Å². The van der Waals surface area contributed by atoms with Gasteiger partial charge in [0.15, 0.2) is 6.54 Å². The van der Waals surface area contributed by atoms with Crippen LogP contribution >= 0.6 is 0 Å². The van der Waals surface area contributed by atoms with Crippen LogP contribution in [-0.4, -0.2) is 75.9 Å². The molecule has 0 radical (unpaired) electrons. The van der Waals surface area contributed by atoms with Gasteiger partial charge in [-0.15, -0.1) is 0 Å². The van der Waals surface area contributed by atoms with Crippen LogP contribution in [0.15, 0.2) is 24.3 Å². The Kier molecular flexibility index (Phi) is 5.81. The molecule has 1 aromatic carbocycles. The van der Waals surface area contributed by atoms with Crippen LogP contribution in [-0.2, 0) is 9.53 Å². The molecule has 1 N–H and O–H groups in total. The standard InChI is InChI=1S/C19H29N3O3/c1-15-12-20(13-16(2)25-15)14-19(23)22-10-8-21(9-11-22)17-4-6-18(24-3)7-5-17/h4-7,15-16H,8-14H2,1-3H3/p+1/t15-,16-/m0/s1. The van der Waals surface area contributed by atoms with Gasteiger partial charge in [-0.2, -0.15) is 0 Å². The second-order valence-electron chi connectivity index (χ2n) is 7.16. The predicted molar refractivity (Wildman–Crippen MR) is 97.4 cm³/mol. The van der Waals surface area contributed by atoms with Gasteiger partial charge in [-0.05, 0) is 38.1 Å². The summed E-state index contributed by atoms with van der Waals surface area (Å²) in [5.74, 6) is 1.14. The summed E-state index contributed by atoms with van der Waals surface area (Å²) in [6, 6.07) is 8.13. The minimum absolute atomic E-state index is 0.235. The molecule has 6 nitrogen and oxygen atoms in total. The fourth-order valence-electron chi connectivity index (χ4n) is 3.87. The van der Waals surface area contributed by atoms with Gasteiger partial charge in [-0.25, -0.2) is 0 Å². The molecule has 25 heavy (non-hydrogen) atoms. The van der Waals surface area contributed by atoms with Gasteiger partial charge in [0.25, 0.3) is 5.91 Å². The first-order chi connectivity index (χ1) is 12.0. The minimum Gasteiger partial charge on any atom is -0.497 e. The molecule has 2 saturated heterocycles. The van der Waals surface area contributed by atoms with Crippen molar-refractivity contribution in [3.8, 4) is 5.75 Å². The molecule has 3 rings (SSSR count). The number of morpholine rings is 1. The first-order valence-electron chi connectivity index (χ1n) is 9.21. The van der Waals surface area contributed by atoms with Gasteiger partial charge in [-0.3, -0.25) is 4.79 Å². The lowest BCUT2D eigenvalue weighted by Crippen LogP contribution is -3.16. The lowest BCUT2D eigenvalue weighted by atomic mass is 10.2. The number of methoxy groups -OCH3 is 1. The minimum atomic E-state index is 0.235. The number of hydrogen-bond acceptors (Lipinski definition) is 4. The summed E-state index contributed by atoms with van der Waals surface area (Å²) in [6.45, 7) is 9.94. The molecular formula is C19H30N3O3+. The van der Waals surface area contributed by atoms with Crippen molar-refractivity contribution in [3.05, 3.63) is 24.3 Å². The summed E-state index contributed by atoms with van der Waals surface area (Å²) in [6.07, 6.45) is 0.469. The zero-order valence-electron chi connectivity index (χ0n) is 15.5. The fourth-order valence-corrected chi connectivity index (χ4v) is 3.87. The van der Waals surface area contributed by atoms with Crippen molar-refractivity contribution in [3.63, 3.8) is 0 Å². The van der Waals surface area contributed by atoms with E-state index in [0.29, 0.717) is 6.54 Å². The number of nitrogens with one attached hydrogen (secondary N) is 1. The molecule has 0 spiro atoms. The van der Waals surface area contributed by atoms with Crippen LogP contribution < -0.4 is 14.5 Å². The monoisotopic (exact) mass is 348 g/mol. The van der Waals surface area contributed by atoms with Gasteiger partial charge < -0.3 is 24.2 Å². The number of hydrogen-bond donors (Lipinski definition) is 1. The Morgan fingerprint density at radius 2 is 1.72 bits per heavy atom. The average Bonchev–Trinajstić information content (AvgIpc) is 2.61. The largest absolute Gasteiger partial charge is 0.497 e. The molecule has 2 fully saturated rings. The van der Waals surface area contributed by atoms with Gasteiger partial charge >= 0.3 is 0 Å². The van der Waals surface area contributed by atoms with E-state index < -0.39 is 0 Å². The lowest BCUT2D eigenvalue weighted by molar-refractivity contribution is -0.907. The number of anilines is 1. The van der Waals surface area contributed by atoms with Crippen molar-refractivity contribution in [2.24, 2.45) is 0 Å². The molecule has 2 aliphatic rings. The van der Waals surface area contributed by atoms with E-state index >= 15 is 0 Å². The molecule has 0 unspecified atom stereocenters. The number of ether oxygens (including phenoxy) is 2. The van der Waals surface area contributed by atoms with E-state index in [0.717, 1.165) is 45.0 Å². The van der Waals surface area contributed by atoms with Crippen LogP contribution in [0, 0.1) is 0 Å². The van der Waals surface area contributed by atoms with Gasteiger partial charge in [0.05, 0.1) is 7.11 Å². The van der Waals surface area contributed by atoms with Crippen molar-refractivity contribution in [2.45, 2.75) is 26.1 Å². The van der Waals surface area contributed by atoms with E-state index in [2.05, 4.69) is 30.9 Å². The Balaban J connectivity index is 1.48. The van der Waals surface area contributed by atoms with E-state index in [1.807, 2.05) is 17.0 Å². The Morgan fingerprint density at radius 3 is 2.28 bits per heavy atom. The molecule has 0 aromatic heterocycles. The Morgan fingerprint density at radius 1 is 1.12 bits per heavy atom. The summed E-state index contributed by atoms with van der Waals surface area (Å²) < 4.78 is 11.0. The van der Waals surface area contributed by atoms with Gasteiger partial charge in [0, 0.05) is 31.9 Å². The highest BCUT2D eigenvalue weighted by molar-refractivity contribution is 5.77. The second kappa shape index (κ2) is 8.06. The topological polar surface area (TPSA) is 46.5 Å². The molecule has 2 heterocycles. The SMILES string of the molecule is COc1ccc(N2CCN(C(=O)C[NH+]3C[C@H](C)O[C@@H](C)C3)CC2)cc1. The number of carbonyl (C=O) groups is 1. The zero-order chi connectivity index (χ0) is 17.8. The quantitative estimate of drug-likeness (QED) is 0.834. The van der Waals surface area contributed by atoms with Crippen LogP contribution in [0.2, 0.25) is 0 Å². The molecule has 2 atom stereocenters. The van der Waals surface area contributed by atoms with Crippen LogP contribution in [0.3, 0.4) is 0 Å². The maximum atomic E-state index is 12.6. The summed E-state index contributed by atoms with van der Waals surface area (Å²) >= 11 is 0. The zero-order valence-corrected chi connectivity index (χ0v) is 15.5. The molecule has 6 heteroatoms. The first kappa shape index (κ1) is 18.0. The Bertz CT molecular complexity index is 560. The third-order valence-electron chi connectivity index (χ3n) is 5.09. The van der Waals surface area contributed by atoms with Crippen molar-refractivity contribution >= 4 is 11.6 Å². The molecule has 1 aromatic rings. The third-order valence-corrected chi connectivity index (χ3v) is 5.09. The first-order valence-corrected chi connectivity index (χ1v) is 9.21. The van der Waals surface area contributed by atoms with Crippen LogP contribution in [0.4, 0.5) is 5.69 Å². The van der Waals surface area contributed by atoms with Crippen molar-refractivity contribution in [1.82, 2.24) is 4.90 Å². The van der Waals surface area contributed by atoms with E-state index in [1.54, 1.807) is 7.11 Å². The Hall–Kier alpha value is -1.79. The number of quaternary nitrogens is 1. The second-order valence-corrected chi connectivity index (χ2v) is 7.16. The molecule has 1 amide bonds. The normalized spacial score (nSPS) is 27.2. The van der Waals surface area contributed by atoms with Gasteiger partial charge in [0.2, 0.25) is 0 Å². The Labute approximate surface area is 150 Å². The summed E-state index contributed by atoms with van der Waals surface area (Å²) in [7, 11) is 1.68. The number of rotatable bonds is 4. The van der Waals surface area contributed by atoms with Crippen molar-refractivity contribution < 1.29 is 19.2 Å². The number of carbonyl (C=O) groups excluding carboxylic acids is 1. The van der Waals surface area contributed by atoms with Crippen LogP contribution in [0.25, 0.3) is 0 Å². The maximum absolute atomic E-state index is 12.6. The van der Waals surface area contributed by atoms with Crippen LogP contribution in [0.1, 0.15) is 13.8 Å². The smallest absolute Gasteiger partial charge is 0.277 e. The molecule has 138 valence electrons. The molecule has 0 bridgehead atoms. The highest BCUT2D eigenvalue weighted by Crippen LogP contribution is 2.20. The van der Waals surface area contributed by atoms with Gasteiger partial charge in [-0.1, -0.05) is 0 Å². The number of amides is 1. The predicted octanol–water partition coefficient (Wildman–Crippen LogP) is 0.0359. The van der Waals surface area contributed by atoms with Crippen molar-refractivity contribution in [1.29, 1.82) is 0 Å². The van der Waals surface area contributed by atoms with Gasteiger partial charge in [0.1, 0.15) is 31.0 Å². The highest BCUT2D eigenvalue weighted by atomic mass is 16.5. The third kappa shape index (κ3) is 4.64. The molecule has 0 saturated carbocycles. The average molecular weight is 348 g/mol. The van der Waals surface area contributed by atoms with Crippen molar-refractivity contribution in [2.75, 3.05) is 57.8 Å². The fraction of sp³-hybridized carbons (Fsp3) is 0.632. The highest BCUT2D eigenvalue weighted by Gasteiger charge is 2.30. The lowest BCUT2D eigenvalue weighted by Gasteiger charge is -2.37. The summed E-state index contributed by atoms with van der Waals surface area (Å²) in [5, 5.41) is 0. The molecule has 2 aliphatic heterocycles. The van der Waals surface area contributed by atoms with E-state index in [9.17, 15) is 4.79 Å². The van der Waals surface area contributed by atoms with E-state index in [1.165, 1.54) is 10.6 Å². The summed E-state index contributed by atoms with van der Waals surface area (Å²) in [5.41, 5.74) is 1.19. The number of nitrogens with zero attached hydrogens (tertiary/aromatic N) is 2. The maximum Gasteiger partial charge on any atom is 0.277 e. The number of benzene rings is 1. The number of piperazine rings is 1. The molecule has 0 aliphatic carbocycles. The summed E-state index contributed by atoms with van der Waals surface area (Å²) in [4.78, 5) is 18.3.